The van der Waals surface area contributed by atoms with Crippen molar-refractivity contribution in [1.29, 1.82) is 0 Å². The van der Waals surface area contributed by atoms with Crippen molar-refractivity contribution in [1.82, 2.24) is 14.9 Å². The number of carbonyl (C=O) groups is 2. The van der Waals surface area contributed by atoms with E-state index in [1.807, 2.05) is 24.3 Å². The normalized spacial score (nSPS) is 16.2. The van der Waals surface area contributed by atoms with E-state index in [1.54, 1.807) is 0 Å². The average Bonchev–Trinajstić information content (AvgIpc) is 2.85. The lowest BCUT2D eigenvalue weighted by atomic mass is 10.2. The molecular weight excluding hydrogens is 312 g/mol. The molecule has 0 saturated carbocycles. The summed E-state index contributed by atoms with van der Waals surface area (Å²) < 4.78 is 1.60. The van der Waals surface area contributed by atoms with Crippen LogP contribution in [0.5, 0.6) is 0 Å². The predicted octanol–water partition coefficient (Wildman–Crippen LogP) is 2.51. The molecule has 0 unspecified atom stereocenters. The van der Waals surface area contributed by atoms with Gasteiger partial charge in [0.05, 0.1) is 11.9 Å². The van der Waals surface area contributed by atoms with E-state index in [9.17, 15) is 9.59 Å². The smallest absolute Gasteiger partial charge is 0.257 e. The van der Waals surface area contributed by atoms with Gasteiger partial charge in [-0.1, -0.05) is 25.5 Å². The molecule has 1 aliphatic rings. The van der Waals surface area contributed by atoms with Crippen molar-refractivity contribution in [2.45, 2.75) is 32.2 Å². The van der Waals surface area contributed by atoms with Crippen LogP contribution in [0.25, 0.3) is 10.9 Å². The topological polar surface area (TPSA) is 76.0 Å². The van der Waals surface area contributed by atoms with Crippen molar-refractivity contribution in [3.63, 3.8) is 0 Å². The maximum absolute atomic E-state index is 12.5. The minimum Gasteiger partial charge on any atom is -0.358 e. The number of aromatic nitrogens is 2. The molecule has 0 saturated heterocycles. The number of benzene rings is 1. The Morgan fingerprint density at radius 2 is 2.22 bits per heavy atom. The van der Waals surface area contributed by atoms with Crippen LogP contribution in [0.1, 0.15) is 31.0 Å². The molecule has 0 radical (unpaired) electrons. The molecule has 120 valence electrons. The summed E-state index contributed by atoms with van der Waals surface area (Å²) in [7, 11) is 0. The van der Waals surface area contributed by atoms with Gasteiger partial charge >= 0.3 is 0 Å². The summed E-state index contributed by atoms with van der Waals surface area (Å²) in [6.45, 7) is 2.69. The molecule has 2 heterocycles. The zero-order valence-corrected chi connectivity index (χ0v) is 13.7. The summed E-state index contributed by atoms with van der Waals surface area (Å²) in [5.41, 5.74) is 0.733. The van der Waals surface area contributed by atoms with E-state index in [-0.39, 0.29) is 23.0 Å². The van der Waals surface area contributed by atoms with E-state index in [2.05, 4.69) is 22.5 Å². The lowest BCUT2D eigenvalue weighted by molar-refractivity contribution is -0.121. The van der Waals surface area contributed by atoms with Gasteiger partial charge in [0, 0.05) is 11.9 Å². The van der Waals surface area contributed by atoms with Gasteiger partial charge in [-0.2, -0.15) is 0 Å². The van der Waals surface area contributed by atoms with Gasteiger partial charge in [-0.15, -0.1) is 0 Å². The summed E-state index contributed by atoms with van der Waals surface area (Å²) in [5.74, 6) is 0.256. The van der Waals surface area contributed by atoms with Gasteiger partial charge in [-0.3, -0.25) is 9.59 Å². The third-order valence-electron chi connectivity index (χ3n) is 3.86. The molecule has 0 aliphatic carbocycles. The molecule has 6 nitrogen and oxygen atoms in total. The zero-order valence-electron chi connectivity index (χ0n) is 12.8. The summed E-state index contributed by atoms with van der Waals surface area (Å²) in [6, 6.07) is 6.88. The van der Waals surface area contributed by atoms with Crippen LogP contribution in [0.4, 0.5) is 5.82 Å². The monoisotopic (exact) mass is 330 g/mol. The summed E-state index contributed by atoms with van der Waals surface area (Å²) in [6.07, 6.45) is 2.03. The van der Waals surface area contributed by atoms with Crippen molar-refractivity contribution in [2.24, 2.45) is 0 Å². The van der Waals surface area contributed by atoms with Crippen LogP contribution in [0.15, 0.2) is 24.3 Å². The zero-order chi connectivity index (χ0) is 16.4. The highest BCUT2D eigenvalue weighted by Crippen LogP contribution is 2.28. The average molecular weight is 330 g/mol. The molecule has 1 aromatic heterocycles. The third kappa shape index (κ3) is 2.96. The molecule has 23 heavy (non-hydrogen) atoms. The Labute approximate surface area is 138 Å². The van der Waals surface area contributed by atoms with Crippen LogP contribution in [0.3, 0.4) is 0 Å². The van der Waals surface area contributed by atoms with Crippen molar-refractivity contribution in [2.75, 3.05) is 11.9 Å². The number of hydrogen-bond acceptors (Lipinski definition) is 5. The van der Waals surface area contributed by atoms with Crippen LogP contribution >= 0.6 is 12.2 Å². The number of fused-ring (bicyclic) bond motifs is 3. The standard InChI is InChI=1S/C16H18N4O2S/c1-2-3-8-17-13(21)9-12-15(22)20-14(18-12)10-6-4-5-7-11(10)19-16(20)23/h4-7,12,18H,2-3,8-9H2,1H3,(H,17,21)/t12-/m0/s1. The van der Waals surface area contributed by atoms with Crippen LogP contribution in [-0.4, -0.2) is 34.0 Å². The van der Waals surface area contributed by atoms with E-state index >= 15 is 0 Å². The van der Waals surface area contributed by atoms with Gasteiger partial charge in [0.2, 0.25) is 10.7 Å². The predicted molar refractivity (Wildman–Crippen MR) is 91.1 cm³/mol. The molecule has 0 fully saturated rings. The number of nitrogens with zero attached hydrogens (tertiary/aromatic N) is 2. The Morgan fingerprint density at radius 1 is 1.43 bits per heavy atom. The van der Waals surface area contributed by atoms with Crippen molar-refractivity contribution in [3.05, 3.63) is 29.0 Å². The van der Waals surface area contributed by atoms with Crippen LogP contribution in [0, 0.1) is 4.77 Å². The first-order chi connectivity index (χ1) is 11.1. The van der Waals surface area contributed by atoms with Crippen molar-refractivity contribution >= 4 is 40.8 Å². The second-order valence-electron chi connectivity index (χ2n) is 5.54. The fourth-order valence-electron chi connectivity index (χ4n) is 2.67. The SMILES string of the molecule is CCCCNC(=O)C[C@@H]1Nc2c3ccccc3nc(=S)n2C1=O. The number of anilines is 1. The summed E-state index contributed by atoms with van der Waals surface area (Å²) in [4.78, 5) is 28.8. The molecule has 7 heteroatoms. The van der Waals surface area contributed by atoms with Gasteiger partial charge in [-0.05, 0) is 30.8 Å². The Bertz CT molecular complexity index is 830. The number of carbonyl (C=O) groups excluding carboxylic acids is 2. The van der Waals surface area contributed by atoms with E-state index in [4.69, 9.17) is 12.2 Å². The lowest BCUT2D eigenvalue weighted by Crippen LogP contribution is -2.34. The van der Waals surface area contributed by atoms with E-state index in [0.717, 1.165) is 23.7 Å². The maximum atomic E-state index is 12.5. The third-order valence-corrected chi connectivity index (χ3v) is 4.14. The van der Waals surface area contributed by atoms with Crippen LogP contribution in [0.2, 0.25) is 0 Å². The lowest BCUT2D eigenvalue weighted by Gasteiger charge is -2.09. The second-order valence-corrected chi connectivity index (χ2v) is 5.90. The second kappa shape index (κ2) is 6.45. The Balaban J connectivity index is 1.84. The van der Waals surface area contributed by atoms with Crippen LogP contribution < -0.4 is 10.6 Å². The highest BCUT2D eigenvalue weighted by molar-refractivity contribution is 7.71. The Kier molecular flexibility index (Phi) is 4.38. The largest absolute Gasteiger partial charge is 0.358 e. The van der Waals surface area contributed by atoms with Crippen LogP contribution in [-0.2, 0) is 4.79 Å². The summed E-state index contributed by atoms with van der Waals surface area (Å²) >= 11 is 5.23. The number of amides is 1. The first kappa shape index (κ1) is 15.6. The summed E-state index contributed by atoms with van der Waals surface area (Å²) in [5, 5.41) is 6.79. The molecule has 0 bridgehead atoms. The fraction of sp³-hybridized carbons (Fsp3) is 0.375. The number of para-hydroxylation sites is 1. The minimum absolute atomic E-state index is 0.0906. The molecular formula is C16H18N4O2S. The molecule has 1 amide bonds. The molecule has 2 N–H and O–H groups in total. The van der Waals surface area contributed by atoms with Gasteiger partial charge in [0.15, 0.2) is 0 Å². The molecule has 1 atom stereocenters. The van der Waals surface area contributed by atoms with Gasteiger partial charge in [0.1, 0.15) is 11.9 Å². The van der Waals surface area contributed by atoms with E-state index in [1.165, 1.54) is 4.57 Å². The van der Waals surface area contributed by atoms with Crippen molar-refractivity contribution < 1.29 is 9.59 Å². The molecule has 2 aromatic rings. The quantitative estimate of drug-likeness (QED) is 0.651. The Morgan fingerprint density at radius 3 is 3.00 bits per heavy atom. The number of hydrogen-bond donors (Lipinski definition) is 2. The number of rotatable bonds is 5. The first-order valence-electron chi connectivity index (χ1n) is 7.71. The molecule has 0 spiro atoms. The van der Waals surface area contributed by atoms with E-state index < -0.39 is 6.04 Å². The minimum atomic E-state index is -0.606. The highest BCUT2D eigenvalue weighted by atomic mass is 32.1. The number of unbranched alkanes of at least 4 members (excludes halogenated alkanes) is 1. The molecule has 1 aromatic carbocycles. The van der Waals surface area contributed by atoms with E-state index in [0.29, 0.717) is 12.4 Å². The Hall–Kier alpha value is -2.28. The number of nitrogens with one attached hydrogen (secondary N) is 2. The van der Waals surface area contributed by atoms with Gasteiger partial charge < -0.3 is 10.6 Å². The maximum Gasteiger partial charge on any atom is 0.257 e. The van der Waals surface area contributed by atoms with Gasteiger partial charge in [-0.25, -0.2) is 9.55 Å². The highest BCUT2D eigenvalue weighted by Gasteiger charge is 2.33. The van der Waals surface area contributed by atoms with Crippen molar-refractivity contribution in [3.8, 4) is 0 Å². The fourth-order valence-corrected chi connectivity index (χ4v) is 2.95. The molecule has 3 rings (SSSR count). The van der Waals surface area contributed by atoms with Gasteiger partial charge in [0.25, 0.3) is 5.91 Å². The molecule has 1 aliphatic heterocycles. The first-order valence-corrected chi connectivity index (χ1v) is 8.12.